The topological polar surface area (TPSA) is 78.2 Å². The lowest BCUT2D eigenvalue weighted by atomic mass is 9.79. The van der Waals surface area contributed by atoms with Gasteiger partial charge in [0.2, 0.25) is 5.91 Å². The number of halogens is 1. The quantitative estimate of drug-likeness (QED) is 0.792. The number of nitrogens with zero attached hydrogens (tertiary/aromatic N) is 3. The second-order valence-corrected chi connectivity index (χ2v) is 9.40. The molecule has 0 bridgehead atoms. The molecule has 3 N–H and O–H groups in total. The first-order valence-electron chi connectivity index (χ1n) is 11.3. The molecule has 1 saturated carbocycles. The Labute approximate surface area is 178 Å². The maximum absolute atomic E-state index is 15.6. The molecular weight excluding hydrogens is 381 g/mol. The lowest BCUT2D eigenvalue weighted by Crippen LogP contribution is -2.49. The number of H-pyrrole nitrogens is 1. The lowest BCUT2D eigenvalue weighted by Gasteiger charge is -2.37. The predicted molar refractivity (Wildman–Crippen MR) is 118 cm³/mol. The predicted octanol–water partition coefficient (Wildman–Crippen LogP) is 3.98. The van der Waals surface area contributed by atoms with Crippen molar-refractivity contribution in [2.24, 2.45) is 17.6 Å². The largest absolute Gasteiger partial charge is 0.357 e. The maximum Gasteiger partial charge on any atom is 0.244 e. The average molecular weight is 416 g/mol. The number of aromatic nitrogens is 2. The second kappa shape index (κ2) is 8.53. The van der Waals surface area contributed by atoms with Gasteiger partial charge in [-0.3, -0.25) is 4.79 Å². The molecule has 0 spiro atoms. The van der Waals surface area contributed by atoms with Crippen LogP contribution < -0.4 is 10.6 Å². The fourth-order valence-electron chi connectivity index (χ4n) is 5.07. The molecule has 1 amide bonds. The fourth-order valence-corrected chi connectivity index (χ4v) is 5.07. The number of fused-ring (bicyclic) bond motifs is 1. The van der Waals surface area contributed by atoms with Gasteiger partial charge in [-0.05, 0) is 56.1 Å². The van der Waals surface area contributed by atoms with Gasteiger partial charge >= 0.3 is 0 Å². The first-order chi connectivity index (χ1) is 14.4. The number of benzene rings is 1. The summed E-state index contributed by atoms with van der Waals surface area (Å²) in [5.41, 5.74) is 7.98. The lowest BCUT2D eigenvalue weighted by molar-refractivity contribution is -0.130. The van der Waals surface area contributed by atoms with Gasteiger partial charge in [0, 0.05) is 20.6 Å². The third-order valence-corrected chi connectivity index (χ3v) is 7.01. The Kier molecular flexibility index (Phi) is 6.00. The molecule has 6 nitrogen and oxygen atoms in total. The number of carbonyl (C=O) groups excluding carboxylic acids is 1. The molecule has 1 aliphatic carbocycles. The number of rotatable bonds is 4. The SMILES string of the molecule is CC1CCC([C@H](N)c2nc3c(F)c(N4CCCC[C@H]4C(=O)N(C)C)ccc3[nH]2)CC1. The third-order valence-electron chi connectivity index (χ3n) is 7.01. The molecule has 1 aromatic heterocycles. The zero-order valence-electron chi connectivity index (χ0n) is 18.3. The monoisotopic (exact) mass is 415 g/mol. The molecule has 7 heteroatoms. The zero-order chi connectivity index (χ0) is 21.4. The van der Waals surface area contributed by atoms with E-state index in [1.807, 2.05) is 11.0 Å². The number of nitrogens with one attached hydrogen (secondary N) is 1. The first-order valence-corrected chi connectivity index (χ1v) is 11.3. The van der Waals surface area contributed by atoms with Crippen LogP contribution in [0.3, 0.4) is 0 Å². The van der Waals surface area contributed by atoms with E-state index in [1.54, 1.807) is 25.1 Å². The van der Waals surface area contributed by atoms with Gasteiger partial charge in [-0.2, -0.15) is 0 Å². The number of nitrogens with two attached hydrogens (primary N) is 1. The summed E-state index contributed by atoms with van der Waals surface area (Å²) in [7, 11) is 3.50. The maximum atomic E-state index is 15.6. The molecule has 4 rings (SSSR count). The summed E-state index contributed by atoms with van der Waals surface area (Å²) < 4.78 is 15.6. The summed E-state index contributed by atoms with van der Waals surface area (Å²) in [6.07, 6.45) is 7.23. The van der Waals surface area contributed by atoms with Crippen LogP contribution in [0.1, 0.15) is 63.7 Å². The molecule has 0 unspecified atom stereocenters. The number of amides is 1. The van der Waals surface area contributed by atoms with E-state index >= 15 is 4.39 Å². The number of likely N-dealkylation sites (N-methyl/N-ethyl adjacent to an activating group) is 1. The first kappa shape index (κ1) is 21.1. The highest BCUT2D eigenvalue weighted by Crippen LogP contribution is 2.36. The number of aromatic amines is 1. The van der Waals surface area contributed by atoms with Crippen LogP contribution in [0, 0.1) is 17.7 Å². The third kappa shape index (κ3) is 3.92. The fraction of sp³-hybridized carbons (Fsp3) is 0.652. The van der Waals surface area contributed by atoms with Crippen molar-refractivity contribution in [3.63, 3.8) is 0 Å². The van der Waals surface area contributed by atoms with Gasteiger partial charge in [0.25, 0.3) is 0 Å². The highest BCUT2D eigenvalue weighted by molar-refractivity contribution is 5.87. The average Bonchev–Trinajstić information content (AvgIpc) is 3.19. The Hall–Kier alpha value is -2.15. The number of hydrogen-bond acceptors (Lipinski definition) is 4. The number of anilines is 1. The molecule has 164 valence electrons. The Bertz CT molecular complexity index is 902. The van der Waals surface area contributed by atoms with Gasteiger partial charge in [-0.25, -0.2) is 9.37 Å². The van der Waals surface area contributed by atoms with Crippen LogP contribution in [0.5, 0.6) is 0 Å². The van der Waals surface area contributed by atoms with Crippen LogP contribution in [0.4, 0.5) is 10.1 Å². The molecule has 2 heterocycles. The summed E-state index contributed by atoms with van der Waals surface area (Å²) in [5.74, 6) is 1.46. The van der Waals surface area contributed by atoms with Crippen LogP contribution in [-0.4, -0.2) is 47.5 Å². The van der Waals surface area contributed by atoms with E-state index in [2.05, 4.69) is 16.9 Å². The summed E-state index contributed by atoms with van der Waals surface area (Å²) in [5, 5.41) is 0. The molecule has 1 aromatic carbocycles. The van der Waals surface area contributed by atoms with E-state index < -0.39 is 0 Å². The van der Waals surface area contributed by atoms with E-state index in [-0.39, 0.29) is 23.8 Å². The normalized spacial score (nSPS) is 26.0. The van der Waals surface area contributed by atoms with Crippen LogP contribution >= 0.6 is 0 Å². The van der Waals surface area contributed by atoms with Gasteiger partial charge in [0.05, 0.1) is 17.2 Å². The Balaban J connectivity index is 1.63. The van der Waals surface area contributed by atoms with Gasteiger partial charge in [0.1, 0.15) is 17.4 Å². The van der Waals surface area contributed by atoms with Gasteiger partial charge < -0.3 is 20.5 Å². The Morgan fingerprint density at radius 3 is 2.67 bits per heavy atom. The summed E-state index contributed by atoms with van der Waals surface area (Å²) in [6, 6.07) is 3.11. The number of hydrogen-bond donors (Lipinski definition) is 2. The Morgan fingerprint density at radius 1 is 1.23 bits per heavy atom. The van der Waals surface area contributed by atoms with E-state index in [9.17, 15) is 4.79 Å². The molecule has 1 saturated heterocycles. The summed E-state index contributed by atoms with van der Waals surface area (Å²) in [6.45, 7) is 2.96. The van der Waals surface area contributed by atoms with Gasteiger partial charge in [-0.1, -0.05) is 19.8 Å². The molecule has 1 aliphatic heterocycles. The molecule has 2 fully saturated rings. The molecule has 30 heavy (non-hydrogen) atoms. The smallest absolute Gasteiger partial charge is 0.244 e. The second-order valence-electron chi connectivity index (χ2n) is 9.40. The van der Waals surface area contributed by atoms with Crippen molar-refractivity contribution in [3.8, 4) is 0 Å². The molecule has 0 radical (unpaired) electrons. The van der Waals surface area contributed by atoms with Crippen molar-refractivity contribution in [1.82, 2.24) is 14.9 Å². The van der Waals surface area contributed by atoms with Crippen molar-refractivity contribution in [2.75, 3.05) is 25.5 Å². The van der Waals surface area contributed by atoms with Crippen LogP contribution in [0.15, 0.2) is 12.1 Å². The van der Waals surface area contributed by atoms with Crippen LogP contribution in [0.25, 0.3) is 11.0 Å². The van der Waals surface area contributed by atoms with Crippen molar-refractivity contribution in [3.05, 3.63) is 23.8 Å². The number of carbonyl (C=O) groups is 1. The summed E-state index contributed by atoms with van der Waals surface area (Å²) in [4.78, 5) is 24.0. The standard InChI is InChI=1S/C23H34FN5O/c1-14-7-9-15(10-8-14)20(25)22-26-16-11-12-17(19(24)21(16)27-22)29-13-5-4-6-18(29)23(30)28(2)3/h11-12,14-15,18,20H,4-10,13,25H2,1-3H3,(H,26,27)/t14?,15?,18-,20-/m0/s1. The minimum absolute atomic E-state index is 0.0189. The van der Waals surface area contributed by atoms with E-state index in [0.29, 0.717) is 35.0 Å². The van der Waals surface area contributed by atoms with Crippen molar-refractivity contribution in [1.29, 1.82) is 0 Å². The molecule has 2 aliphatic rings. The highest BCUT2D eigenvalue weighted by atomic mass is 19.1. The van der Waals surface area contributed by atoms with E-state index in [1.165, 1.54) is 12.8 Å². The van der Waals surface area contributed by atoms with Gasteiger partial charge in [-0.15, -0.1) is 0 Å². The minimum Gasteiger partial charge on any atom is -0.357 e. The molecule has 2 aromatic rings. The van der Waals surface area contributed by atoms with E-state index in [4.69, 9.17) is 5.73 Å². The highest BCUT2D eigenvalue weighted by Gasteiger charge is 2.33. The van der Waals surface area contributed by atoms with Gasteiger partial charge in [0.15, 0.2) is 5.82 Å². The summed E-state index contributed by atoms with van der Waals surface area (Å²) >= 11 is 0. The molecular formula is C23H34FN5O. The Morgan fingerprint density at radius 2 is 1.97 bits per heavy atom. The zero-order valence-corrected chi connectivity index (χ0v) is 18.3. The molecule has 2 atom stereocenters. The van der Waals surface area contributed by atoms with E-state index in [0.717, 1.165) is 38.0 Å². The van der Waals surface area contributed by atoms with Crippen molar-refractivity contribution < 1.29 is 9.18 Å². The van der Waals surface area contributed by atoms with Crippen molar-refractivity contribution in [2.45, 2.75) is 64.0 Å². The minimum atomic E-state index is -0.363. The number of piperidine rings is 1. The van der Waals surface area contributed by atoms with Crippen LogP contribution in [-0.2, 0) is 4.79 Å². The van der Waals surface area contributed by atoms with Crippen molar-refractivity contribution >= 4 is 22.6 Å². The van der Waals surface area contributed by atoms with Crippen LogP contribution in [0.2, 0.25) is 0 Å². The number of imidazole rings is 1.